The van der Waals surface area contributed by atoms with E-state index in [-0.39, 0.29) is 29.6 Å². The minimum atomic E-state index is -3.55. The molecule has 6 fully saturated rings. The normalized spacial score (nSPS) is 19.9. The molecule has 424 valence electrons. The van der Waals surface area contributed by atoms with Crippen LogP contribution in [-0.2, 0) is 29.5 Å². The van der Waals surface area contributed by atoms with Crippen molar-refractivity contribution in [3.05, 3.63) is 99.5 Å². The van der Waals surface area contributed by atoms with Crippen molar-refractivity contribution in [3.8, 4) is 0 Å². The molecule has 6 aliphatic heterocycles. The van der Waals surface area contributed by atoms with Crippen LogP contribution >= 0.6 is 11.6 Å². The number of carbonyl (C=O) groups is 2. The molecule has 0 spiro atoms. The number of nitrogens with zero attached hydrogens (tertiary/aromatic N) is 11. The van der Waals surface area contributed by atoms with E-state index in [1.807, 2.05) is 35.4 Å². The standard InChI is InChI=1S/C27H35N7O4S.C24H29ClN6O4S.C3H7N/c1-19-7-8-21(30-39(2,36)37)20(16-19)27(35)33-11-4-3-6-23(33)22-17-25-28-24(31-9-5-10-31)18-26(34(25)29-22)32-12-14-38-15-13-32;1-16-6-7-18(28-36(2,33)34)17(13-16)24(32)30-8-4-3-5-20(30)19-14-22-26-21(25)15-23(31(22)27-19)29-9-11-35-12-10-29;1-2-4-3-1/h7-8,16-18,23,30H,3-6,9-15H2,1-2H3;6-7,13-15,20,28H,3-5,8-12H2,1-2H3;4H,1-3H2/t23-;20-;/m00./s1. The van der Waals surface area contributed by atoms with Gasteiger partial charge in [0.25, 0.3) is 11.8 Å². The number of nitrogens with one attached hydrogen (secondary N) is 3. The lowest BCUT2D eigenvalue weighted by atomic mass is 9.97. The Labute approximate surface area is 466 Å². The second-order valence-corrected chi connectivity index (χ2v) is 25.0. The quantitative estimate of drug-likeness (QED) is 0.125. The number of ether oxygens (including phenoxy) is 2. The Hall–Kier alpha value is -6.31. The number of halogens is 1. The predicted molar refractivity (Wildman–Crippen MR) is 306 cm³/mol. The van der Waals surface area contributed by atoms with Crippen molar-refractivity contribution in [2.24, 2.45) is 0 Å². The lowest BCUT2D eigenvalue weighted by Crippen LogP contribution is -2.40. The van der Waals surface area contributed by atoms with Gasteiger partial charge in [0.2, 0.25) is 20.0 Å². The molecule has 3 N–H and O–H groups in total. The molecule has 0 saturated carbocycles. The lowest BCUT2D eigenvalue weighted by molar-refractivity contribution is 0.0599. The topological polar surface area (TPSA) is 234 Å². The van der Waals surface area contributed by atoms with Crippen LogP contribution in [0.5, 0.6) is 0 Å². The van der Waals surface area contributed by atoms with Crippen molar-refractivity contribution in [1.82, 2.24) is 44.3 Å². The highest BCUT2D eigenvalue weighted by Crippen LogP contribution is 2.37. The molecule has 4 aromatic heterocycles. The van der Waals surface area contributed by atoms with Gasteiger partial charge in [-0.3, -0.25) is 19.0 Å². The summed E-state index contributed by atoms with van der Waals surface area (Å²) in [5, 5.41) is 13.4. The highest BCUT2D eigenvalue weighted by atomic mass is 35.5. The van der Waals surface area contributed by atoms with Gasteiger partial charge in [-0.1, -0.05) is 34.9 Å². The molecule has 25 heteroatoms. The van der Waals surface area contributed by atoms with Gasteiger partial charge in [-0.05, 0) is 103 Å². The van der Waals surface area contributed by atoms with E-state index < -0.39 is 20.0 Å². The Morgan fingerprint density at radius 2 is 1.01 bits per heavy atom. The summed E-state index contributed by atoms with van der Waals surface area (Å²) in [6, 6.07) is 17.7. The number of aromatic nitrogens is 6. The number of aryl methyl sites for hydroxylation is 2. The Balaban J connectivity index is 0.000000167. The number of morpholine rings is 2. The fraction of sp³-hybridized carbons (Fsp3) is 0.519. The average Bonchev–Trinajstić information content (AvgIpc) is 4.29. The number of sulfonamides is 2. The highest BCUT2D eigenvalue weighted by Gasteiger charge is 2.35. The number of benzene rings is 2. The van der Waals surface area contributed by atoms with Crippen molar-refractivity contribution in [2.45, 2.75) is 77.3 Å². The molecule has 0 radical (unpaired) electrons. The molecule has 0 bridgehead atoms. The van der Waals surface area contributed by atoms with E-state index in [0.717, 1.165) is 136 Å². The molecule has 2 aromatic carbocycles. The fourth-order valence-electron chi connectivity index (χ4n) is 10.7. The van der Waals surface area contributed by atoms with E-state index in [1.165, 1.54) is 25.9 Å². The predicted octanol–water partition coefficient (Wildman–Crippen LogP) is 6.07. The number of likely N-dealkylation sites (tertiary alicyclic amines) is 2. The molecule has 6 aromatic rings. The minimum absolute atomic E-state index is 0.200. The first-order valence-corrected chi connectivity index (χ1v) is 31.5. The lowest BCUT2D eigenvalue weighted by Gasteiger charge is -2.35. The zero-order valence-electron chi connectivity index (χ0n) is 45.4. The van der Waals surface area contributed by atoms with Crippen LogP contribution in [-0.4, -0.2) is 172 Å². The molecule has 6 saturated heterocycles. The molecule has 2 amide bonds. The van der Waals surface area contributed by atoms with E-state index in [0.29, 0.717) is 67.1 Å². The Morgan fingerprint density at radius 1 is 0.570 bits per heavy atom. The molecule has 6 aliphatic rings. The average molecular weight is 1140 g/mol. The Morgan fingerprint density at radius 3 is 1.43 bits per heavy atom. The van der Waals surface area contributed by atoms with Crippen LogP contribution in [0.15, 0.2) is 60.7 Å². The summed E-state index contributed by atoms with van der Waals surface area (Å²) in [6.07, 6.45) is 9.92. The molecule has 0 aliphatic carbocycles. The number of carbonyl (C=O) groups excluding carboxylic acids is 2. The number of amides is 2. The van der Waals surface area contributed by atoms with Crippen LogP contribution in [0.1, 0.15) is 107 Å². The van der Waals surface area contributed by atoms with E-state index in [2.05, 4.69) is 40.5 Å². The molecule has 12 rings (SSSR count). The number of hydrogen-bond donors (Lipinski definition) is 3. The smallest absolute Gasteiger partial charge is 0.256 e. The third-order valence-corrected chi connectivity index (χ3v) is 16.4. The maximum absolute atomic E-state index is 14.0. The van der Waals surface area contributed by atoms with Crippen LogP contribution in [0.3, 0.4) is 0 Å². The molecule has 10 heterocycles. The van der Waals surface area contributed by atoms with Gasteiger partial charge in [-0.15, -0.1) is 0 Å². The zero-order chi connectivity index (χ0) is 55.4. The number of fused-ring (bicyclic) bond motifs is 2. The monoisotopic (exact) mass is 1140 g/mol. The van der Waals surface area contributed by atoms with Crippen molar-refractivity contribution in [1.29, 1.82) is 0 Å². The van der Waals surface area contributed by atoms with Crippen LogP contribution in [0.4, 0.5) is 28.8 Å². The summed E-state index contributed by atoms with van der Waals surface area (Å²) < 4.78 is 67.7. The van der Waals surface area contributed by atoms with Crippen LogP contribution in [0.25, 0.3) is 11.3 Å². The van der Waals surface area contributed by atoms with E-state index >= 15 is 0 Å². The highest BCUT2D eigenvalue weighted by molar-refractivity contribution is 7.92. The first-order valence-electron chi connectivity index (χ1n) is 27.3. The number of rotatable bonds is 11. The first kappa shape index (κ1) is 56.0. The summed E-state index contributed by atoms with van der Waals surface area (Å²) in [7, 11) is -7.10. The van der Waals surface area contributed by atoms with Crippen LogP contribution in [0.2, 0.25) is 5.15 Å². The summed E-state index contributed by atoms with van der Waals surface area (Å²) in [4.78, 5) is 47.6. The SMILES string of the molecule is C1CNC1.Cc1ccc(NS(C)(=O)=O)c(C(=O)N2CCCC[C@H]2c2cc3nc(Cl)cc(N4CCOCC4)n3n2)c1.Cc1ccc(NS(C)(=O)=O)c(C(=O)N2CCCC[C@H]2c2cc3nc(N4CCC4)cc(N4CCOCC4)n3n2)c1. The van der Waals surface area contributed by atoms with Gasteiger partial charge in [-0.2, -0.15) is 19.2 Å². The van der Waals surface area contributed by atoms with E-state index in [9.17, 15) is 26.4 Å². The van der Waals surface area contributed by atoms with E-state index in [1.54, 1.807) is 51.9 Å². The van der Waals surface area contributed by atoms with Crippen molar-refractivity contribution in [3.63, 3.8) is 0 Å². The van der Waals surface area contributed by atoms with Gasteiger partial charge in [0, 0.05) is 76.6 Å². The van der Waals surface area contributed by atoms with Crippen molar-refractivity contribution < 1.29 is 35.9 Å². The molecule has 79 heavy (non-hydrogen) atoms. The summed E-state index contributed by atoms with van der Waals surface area (Å²) >= 11 is 6.35. The van der Waals surface area contributed by atoms with Gasteiger partial charge in [-0.25, -0.2) is 26.8 Å². The molecular weight excluding hydrogens is 1070 g/mol. The van der Waals surface area contributed by atoms with Gasteiger partial charge < -0.3 is 39.3 Å². The summed E-state index contributed by atoms with van der Waals surface area (Å²) in [5.74, 6) is 2.35. The maximum Gasteiger partial charge on any atom is 0.256 e. The number of piperidine rings is 2. The van der Waals surface area contributed by atoms with Crippen molar-refractivity contribution in [2.75, 3.05) is 129 Å². The minimum Gasteiger partial charge on any atom is -0.378 e. The number of anilines is 5. The third kappa shape index (κ3) is 13.3. The second kappa shape index (κ2) is 24.2. The Bertz CT molecular complexity index is 3410. The maximum atomic E-state index is 14.0. The molecular formula is C54H71ClN14O8S2. The van der Waals surface area contributed by atoms with Crippen molar-refractivity contribution >= 4 is 83.6 Å². The number of hydrogen-bond acceptors (Lipinski definition) is 16. The zero-order valence-corrected chi connectivity index (χ0v) is 47.8. The van der Waals surface area contributed by atoms with Gasteiger partial charge >= 0.3 is 0 Å². The summed E-state index contributed by atoms with van der Waals surface area (Å²) in [6.45, 7) is 15.0. The van der Waals surface area contributed by atoms with Crippen LogP contribution in [0, 0.1) is 13.8 Å². The molecule has 2 atom stereocenters. The van der Waals surface area contributed by atoms with Gasteiger partial charge in [0.15, 0.2) is 11.3 Å². The summed E-state index contributed by atoms with van der Waals surface area (Å²) in [5.41, 5.74) is 5.92. The second-order valence-electron chi connectivity index (χ2n) is 21.1. The third-order valence-electron chi connectivity index (χ3n) is 15.0. The van der Waals surface area contributed by atoms with E-state index in [4.69, 9.17) is 36.3 Å². The largest absolute Gasteiger partial charge is 0.378 e. The van der Waals surface area contributed by atoms with Gasteiger partial charge in [0.1, 0.15) is 22.6 Å². The van der Waals surface area contributed by atoms with Crippen LogP contribution < -0.4 is 29.5 Å². The molecule has 22 nitrogen and oxygen atoms in total. The molecule has 0 unspecified atom stereocenters. The fourth-order valence-corrected chi connectivity index (χ4v) is 12.0. The first-order chi connectivity index (χ1) is 38.0. The Kier molecular flexibility index (Phi) is 17.1. The van der Waals surface area contributed by atoms with Gasteiger partial charge in [0.05, 0.1) is 84.9 Å².